The fourth-order valence-corrected chi connectivity index (χ4v) is 1.85. The summed E-state index contributed by atoms with van der Waals surface area (Å²) in [6, 6.07) is 12.2. The van der Waals surface area contributed by atoms with Crippen LogP contribution < -0.4 is 4.74 Å². The first-order chi connectivity index (χ1) is 8.15. The quantitative estimate of drug-likeness (QED) is 0.722. The Morgan fingerprint density at radius 1 is 1.12 bits per heavy atom. The monoisotopic (exact) mass is 362 g/mol. The molecule has 0 aliphatic carbocycles. The topological polar surface area (TPSA) is 9.23 Å². The third kappa shape index (κ3) is 3.57. The van der Waals surface area contributed by atoms with Gasteiger partial charge >= 0.3 is 0 Å². The molecule has 0 radical (unpaired) electrons. The van der Waals surface area contributed by atoms with Crippen LogP contribution in [0.4, 0.5) is 4.39 Å². The molecule has 0 saturated carbocycles. The van der Waals surface area contributed by atoms with E-state index < -0.39 is 0 Å². The van der Waals surface area contributed by atoms with Crippen molar-refractivity contribution in [2.45, 2.75) is 6.61 Å². The number of ether oxygens (including phenoxy) is 1. The zero-order valence-electron chi connectivity index (χ0n) is 8.79. The lowest BCUT2D eigenvalue weighted by Gasteiger charge is -2.07. The molecule has 1 nitrogen and oxygen atoms in total. The molecule has 4 heteroatoms. The number of halogens is 3. The van der Waals surface area contributed by atoms with E-state index in [1.807, 2.05) is 24.3 Å². The number of hydrogen-bond acceptors (Lipinski definition) is 1. The first-order valence-electron chi connectivity index (χ1n) is 4.97. The van der Waals surface area contributed by atoms with Crippen LogP contribution in [0.5, 0.6) is 5.75 Å². The first kappa shape index (κ1) is 12.6. The summed E-state index contributed by atoms with van der Waals surface area (Å²) in [7, 11) is 0. The second-order valence-corrected chi connectivity index (χ2v) is 5.16. The van der Waals surface area contributed by atoms with Crippen LogP contribution in [0.2, 0.25) is 5.02 Å². The van der Waals surface area contributed by atoms with Crippen molar-refractivity contribution in [2.75, 3.05) is 0 Å². The highest BCUT2D eigenvalue weighted by Crippen LogP contribution is 2.18. The fourth-order valence-electron chi connectivity index (χ4n) is 1.33. The highest BCUT2D eigenvalue weighted by molar-refractivity contribution is 14.1. The summed E-state index contributed by atoms with van der Waals surface area (Å²) >= 11 is 7.89. The molecule has 17 heavy (non-hydrogen) atoms. The van der Waals surface area contributed by atoms with Crippen molar-refractivity contribution >= 4 is 34.2 Å². The van der Waals surface area contributed by atoms with Crippen molar-refractivity contribution in [3.63, 3.8) is 0 Å². The maximum atomic E-state index is 13.5. The molecular weight excluding hydrogens is 353 g/mol. The Balaban J connectivity index is 2.04. The van der Waals surface area contributed by atoms with Crippen LogP contribution in [-0.2, 0) is 6.61 Å². The highest BCUT2D eigenvalue weighted by Gasteiger charge is 2.03. The minimum atomic E-state index is -0.344. The molecule has 0 atom stereocenters. The largest absolute Gasteiger partial charge is 0.489 e. The molecule has 2 rings (SSSR count). The third-order valence-electron chi connectivity index (χ3n) is 2.22. The standard InChI is InChI=1S/C13H9ClFIO/c14-10-2-1-9(13(15)7-10)8-17-12-5-3-11(16)4-6-12/h1-7H,8H2. The lowest BCUT2D eigenvalue weighted by Crippen LogP contribution is -1.98. The molecule has 0 bridgehead atoms. The SMILES string of the molecule is Fc1cc(Cl)ccc1COc1ccc(I)cc1. The van der Waals surface area contributed by atoms with Gasteiger partial charge in [0.1, 0.15) is 18.2 Å². The molecule has 0 fully saturated rings. The van der Waals surface area contributed by atoms with Crippen LogP contribution in [-0.4, -0.2) is 0 Å². The van der Waals surface area contributed by atoms with E-state index in [-0.39, 0.29) is 12.4 Å². The normalized spacial score (nSPS) is 10.3. The van der Waals surface area contributed by atoms with Crippen molar-refractivity contribution in [3.05, 3.63) is 62.4 Å². The van der Waals surface area contributed by atoms with Gasteiger partial charge in [0.05, 0.1) is 0 Å². The van der Waals surface area contributed by atoms with Gasteiger partial charge in [-0.15, -0.1) is 0 Å². The Bertz CT molecular complexity index is 513. The van der Waals surface area contributed by atoms with Crippen molar-refractivity contribution in [3.8, 4) is 5.75 Å². The maximum Gasteiger partial charge on any atom is 0.131 e. The van der Waals surface area contributed by atoms with Crippen LogP contribution in [0.3, 0.4) is 0 Å². The van der Waals surface area contributed by atoms with E-state index in [1.54, 1.807) is 12.1 Å². The van der Waals surface area contributed by atoms with Crippen molar-refractivity contribution in [2.24, 2.45) is 0 Å². The summed E-state index contributed by atoms with van der Waals surface area (Å²) in [6.45, 7) is 0.198. The van der Waals surface area contributed by atoms with Gasteiger partial charge < -0.3 is 4.74 Å². The van der Waals surface area contributed by atoms with Crippen LogP contribution in [0.15, 0.2) is 42.5 Å². The Labute approximate surface area is 118 Å². The molecule has 0 aliphatic heterocycles. The molecule has 0 saturated heterocycles. The van der Waals surface area contributed by atoms with E-state index in [4.69, 9.17) is 16.3 Å². The number of rotatable bonds is 3. The number of benzene rings is 2. The van der Waals surface area contributed by atoms with Gasteiger partial charge in [-0.3, -0.25) is 0 Å². The molecule has 2 aromatic carbocycles. The zero-order chi connectivity index (χ0) is 12.3. The predicted molar refractivity (Wildman–Crippen MR) is 74.9 cm³/mol. The summed E-state index contributed by atoms with van der Waals surface area (Å²) in [4.78, 5) is 0. The number of hydrogen-bond donors (Lipinski definition) is 0. The van der Waals surface area contributed by atoms with Gasteiger partial charge in [0.2, 0.25) is 0 Å². The van der Waals surface area contributed by atoms with E-state index in [1.165, 1.54) is 6.07 Å². The Hall–Kier alpha value is -0.810. The van der Waals surface area contributed by atoms with Crippen LogP contribution in [0, 0.1) is 9.39 Å². The maximum absolute atomic E-state index is 13.5. The first-order valence-corrected chi connectivity index (χ1v) is 6.43. The molecule has 0 spiro atoms. The van der Waals surface area contributed by atoms with Gasteiger partial charge in [-0.2, -0.15) is 0 Å². The summed E-state index contributed by atoms with van der Waals surface area (Å²) < 4.78 is 20.1. The van der Waals surface area contributed by atoms with Gasteiger partial charge in [-0.1, -0.05) is 17.7 Å². The predicted octanol–water partition coefficient (Wildman–Crippen LogP) is 4.66. The average Bonchev–Trinajstić information content (AvgIpc) is 2.30. The van der Waals surface area contributed by atoms with Gasteiger partial charge in [0.15, 0.2) is 0 Å². The molecule has 0 aromatic heterocycles. The van der Waals surface area contributed by atoms with Crippen LogP contribution >= 0.6 is 34.2 Å². The second kappa shape index (κ2) is 5.69. The Kier molecular flexibility index (Phi) is 4.23. The van der Waals surface area contributed by atoms with Gasteiger partial charge in [0.25, 0.3) is 0 Å². The minimum absolute atomic E-state index is 0.198. The Morgan fingerprint density at radius 3 is 2.47 bits per heavy atom. The molecule has 0 amide bonds. The molecule has 0 unspecified atom stereocenters. The van der Waals surface area contributed by atoms with E-state index in [0.29, 0.717) is 10.6 Å². The minimum Gasteiger partial charge on any atom is -0.489 e. The fraction of sp³-hybridized carbons (Fsp3) is 0.0769. The second-order valence-electron chi connectivity index (χ2n) is 3.48. The molecule has 0 heterocycles. The molecule has 88 valence electrons. The Morgan fingerprint density at radius 2 is 1.82 bits per heavy atom. The van der Waals surface area contributed by atoms with Gasteiger partial charge in [-0.25, -0.2) is 4.39 Å². The molecule has 0 N–H and O–H groups in total. The summed E-state index contributed by atoms with van der Waals surface area (Å²) in [6.07, 6.45) is 0. The van der Waals surface area contributed by atoms with Gasteiger partial charge in [0, 0.05) is 14.2 Å². The zero-order valence-corrected chi connectivity index (χ0v) is 11.7. The molecule has 0 aliphatic rings. The average molecular weight is 363 g/mol. The third-order valence-corrected chi connectivity index (χ3v) is 3.18. The van der Waals surface area contributed by atoms with Crippen LogP contribution in [0.1, 0.15) is 5.56 Å². The lowest BCUT2D eigenvalue weighted by molar-refractivity contribution is 0.300. The van der Waals surface area contributed by atoms with Crippen LogP contribution in [0.25, 0.3) is 0 Å². The van der Waals surface area contributed by atoms with Gasteiger partial charge in [-0.05, 0) is 59.0 Å². The van der Waals surface area contributed by atoms with Crippen molar-refractivity contribution < 1.29 is 9.13 Å². The smallest absolute Gasteiger partial charge is 0.131 e. The van der Waals surface area contributed by atoms with E-state index in [0.717, 1.165) is 9.32 Å². The molecular formula is C13H9ClFIO. The van der Waals surface area contributed by atoms with E-state index in [2.05, 4.69) is 22.6 Å². The summed E-state index contributed by atoms with van der Waals surface area (Å²) in [5.74, 6) is 0.378. The van der Waals surface area contributed by atoms with Crippen molar-refractivity contribution in [1.29, 1.82) is 0 Å². The lowest BCUT2D eigenvalue weighted by atomic mass is 10.2. The molecule has 2 aromatic rings. The summed E-state index contributed by atoms with van der Waals surface area (Å²) in [5.41, 5.74) is 0.493. The summed E-state index contributed by atoms with van der Waals surface area (Å²) in [5, 5.41) is 0.389. The van der Waals surface area contributed by atoms with E-state index >= 15 is 0 Å². The van der Waals surface area contributed by atoms with Crippen molar-refractivity contribution in [1.82, 2.24) is 0 Å². The highest BCUT2D eigenvalue weighted by atomic mass is 127. The van der Waals surface area contributed by atoms with E-state index in [9.17, 15) is 4.39 Å².